The van der Waals surface area contributed by atoms with E-state index in [0.717, 1.165) is 5.56 Å². The maximum atomic E-state index is 11.2. The van der Waals surface area contributed by atoms with E-state index in [-0.39, 0.29) is 11.4 Å². The highest BCUT2D eigenvalue weighted by Crippen LogP contribution is 2.41. The smallest absolute Gasteiger partial charge is 0.360 e. The van der Waals surface area contributed by atoms with E-state index in [0.29, 0.717) is 11.3 Å². The van der Waals surface area contributed by atoms with Crippen molar-refractivity contribution in [3.63, 3.8) is 0 Å². The predicted octanol–water partition coefficient (Wildman–Crippen LogP) is 2.54. The lowest BCUT2D eigenvalue weighted by Crippen LogP contribution is -2.04. The molecule has 1 atom stereocenters. The number of aromatic hydroxyl groups is 1. The summed E-state index contributed by atoms with van der Waals surface area (Å²) in [7, 11) is -2.40. The Hall–Kier alpha value is -2.01. The van der Waals surface area contributed by atoms with Gasteiger partial charge in [-0.3, -0.25) is 5.09 Å². The molecule has 0 amide bonds. The summed E-state index contributed by atoms with van der Waals surface area (Å²) < 4.78 is 16.2. The summed E-state index contributed by atoms with van der Waals surface area (Å²) in [5.41, 5.74) is 6.41. The molecule has 2 aromatic rings. The summed E-state index contributed by atoms with van der Waals surface area (Å²) >= 11 is 0. The van der Waals surface area contributed by atoms with Gasteiger partial charge in [0.1, 0.15) is 11.5 Å². The molecule has 2 rings (SSSR count). The third kappa shape index (κ3) is 3.30. The first-order valence-electron chi connectivity index (χ1n) is 5.77. The molecule has 0 aromatic heterocycles. The van der Waals surface area contributed by atoms with Crippen molar-refractivity contribution in [2.75, 3.05) is 12.2 Å². The van der Waals surface area contributed by atoms with Crippen LogP contribution >= 0.6 is 7.67 Å². The molecule has 5 N–H and O–H groups in total. The highest BCUT2D eigenvalue weighted by Gasteiger charge is 2.15. The van der Waals surface area contributed by atoms with Crippen LogP contribution in [0.4, 0.5) is 5.69 Å². The maximum absolute atomic E-state index is 11.2. The number of anilines is 1. The van der Waals surface area contributed by atoms with Gasteiger partial charge in [-0.1, -0.05) is 24.3 Å². The van der Waals surface area contributed by atoms with Gasteiger partial charge in [-0.2, -0.15) is 0 Å². The minimum absolute atomic E-state index is 0.103. The summed E-state index contributed by atoms with van der Waals surface area (Å²) in [6, 6.07) is 11.9. The molecule has 2 aromatic carbocycles. The zero-order valence-electron chi connectivity index (χ0n) is 10.8. The minimum atomic E-state index is -3.97. The Balaban J connectivity index is 2.41. The van der Waals surface area contributed by atoms with Crippen molar-refractivity contribution in [3.05, 3.63) is 42.5 Å². The van der Waals surface area contributed by atoms with Crippen LogP contribution in [0.25, 0.3) is 11.1 Å². The van der Waals surface area contributed by atoms with E-state index in [1.165, 1.54) is 6.07 Å². The fourth-order valence-corrected chi connectivity index (χ4v) is 2.34. The van der Waals surface area contributed by atoms with E-state index in [1.54, 1.807) is 43.5 Å². The Bertz CT molecular complexity index is 652. The number of para-hydroxylation sites is 1. The van der Waals surface area contributed by atoms with Crippen molar-refractivity contribution < 1.29 is 19.3 Å². The summed E-state index contributed by atoms with van der Waals surface area (Å²) in [6.45, 7) is 0. The van der Waals surface area contributed by atoms with Crippen molar-refractivity contribution in [2.24, 2.45) is 5.50 Å². The molecular formula is C13H15N2O4P. The van der Waals surface area contributed by atoms with Gasteiger partial charge in [-0.15, -0.1) is 0 Å². The predicted molar refractivity (Wildman–Crippen MR) is 77.7 cm³/mol. The summed E-state index contributed by atoms with van der Waals surface area (Å²) in [5.74, 6) is 0.557. The number of phenolic OH excluding ortho intramolecular Hbond substituents is 1. The van der Waals surface area contributed by atoms with Gasteiger partial charge in [-0.05, 0) is 23.8 Å². The molecule has 20 heavy (non-hydrogen) atoms. The molecule has 106 valence electrons. The van der Waals surface area contributed by atoms with Crippen LogP contribution in [-0.2, 0) is 4.57 Å². The van der Waals surface area contributed by atoms with Gasteiger partial charge < -0.3 is 14.7 Å². The van der Waals surface area contributed by atoms with Gasteiger partial charge in [0, 0.05) is 5.56 Å². The van der Waals surface area contributed by atoms with Gasteiger partial charge in [0.2, 0.25) is 0 Å². The minimum Gasteiger partial charge on any atom is -0.505 e. The molecular weight excluding hydrogens is 279 g/mol. The first kappa shape index (κ1) is 14.4. The van der Waals surface area contributed by atoms with Crippen molar-refractivity contribution in [2.45, 2.75) is 0 Å². The number of methoxy groups -OCH3 is 1. The van der Waals surface area contributed by atoms with Gasteiger partial charge in [0.25, 0.3) is 0 Å². The maximum Gasteiger partial charge on any atom is 0.360 e. The van der Waals surface area contributed by atoms with Crippen LogP contribution in [0.1, 0.15) is 0 Å². The molecule has 0 saturated heterocycles. The van der Waals surface area contributed by atoms with Crippen LogP contribution in [-0.4, -0.2) is 17.1 Å². The number of hydrogen-bond acceptors (Lipinski definition) is 3. The average Bonchev–Trinajstić information content (AvgIpc) is 2.40. The van der Waals surface area contributed by atoms with Crippen molar-refractivity contribution in [1.82, 2.24) is 0 Å². The molecule has 0 aliphatic rings. The Morgan fingerprint density at radius 3 is 2.40 bits per heavy atom. The normalized spacial score (nSPS) is 13.6. The van der Waals surface area contributed by atoms with Crippen LogP contribution in [0.3, 0.4) is 0 Å². The van der Waals surface area contributed by atoms with Crippen molar-refractivity contribution >= 4 is 13.4 Å². The lowest BCUT2D eigenvalue weighted by Gasteiger charge is -2.13. The molecule has 0 bridgehead atoms. The second-order valence-electron chi connectivity index (χ2n) is 4.16. The molecule has 7 heteroatoms. The quantitative estimate of drug-likeness (QED) is 0.510. The highest BCUT2D eigenvalue weighted by molar-refractivity contribution is 7.57. The molecule has 0 aliphatic carbocycles. The van der Waals surface area contributed by atoms with Crippen LogP contribution < -0.4 is 15.3 Å². The monoisotopic (exact) mass is 294 g/mol. The van der Waals surface area contributed by atoms with E-state index >= 15 is 0 Å². The van der Waals surface area contributed by atoms with Gasteiger partial charge in [0.15, 0.2) is 0 Å². The zero-order chi connectivity index (χ0) is 14.8. The third-order valence-corrected chi connectivity index (χ3v) is 3.28. The molecule has 6 nitrogen and oxygen atoms in total. The zero-order valence-corrected chi connectivity index (χ0v) is 11.7. The summed E-state index contributed by atoms with van der Waals surface area (Å²) in [4.78, 5) is 9.12. The van der Waals surface area contributed by atoms with E-state index < -0.39 is 7.67 Å². The third-order valence-electron chi connectivity index (χ3n) is 2.72. The lowest BCUT2D eigenvalue weighted by molar-refractivity contribution is 0.415. The second-order valence-corrected chi connectivity index (χ2v) is 5.63. The summed E-state index contributed by atoms with van der Waals surface area (Å²) in [5, 5.41) is 12.3. The lowest BCUT2D eigenvalue weighted by atomic mass is 10.0. The van der Waals surface area contributed by atoms with Gasteiger partial charge in [0.05, 0.1) is 12.8 Å². The van der Waals surface area contributed by atoms with E-state index in [1.807, 2.05) is 0 Å². The fraction of sp³-hybridized carbons (Fsp3) is 0.0769. The first-order chi connectivity index (χ1) is 9.40. The average molecular weight is 294 g/mol. The molecule has 1 unspecified atom stereocenters. The van der Waals surface area contributed by atoms with E-state index in [4.69, 9.17) is 15.1 Å². The van der Waals surface area contributed by atoms with Gasteiger partial charge in [-0.25, -0.2) is 10.1 Å². The number of rotatable bonds is 4. The fourth-order valence-electron chi connectivity index (χ4n) is 1.81. The van der Waals surface area contributed by atoms with E-state index in [2.05, 4.69) is 5.09 Å². The van der Waals surface area contributed by atoms with Crippen LogP contribution in [0.2, 0.25) is 0 Å². The Morgan fingerprint density at radius 1 is 1.20 bits per heavy atom. The Morgan fingerprint density at radius 2 is 1.85 bits per heavy atom. The topological polar surface area (TPSA) is 105 Å². The molecule has 0 radical (unpaired) electrons. The largest absolute Gasteiger partial charge is 0.505 e. The molecule has 0 fully saturated rings. The molecule has 0 saturated carbocycles. The summed E-state index contributed by atoms with van der Waals surface area (Å²) in [6.07, 6.45) is 0. The van der Waals surface area contributed by atoms with Crippen LogP contribution in [0.5, 0.6) is 11.5 Å². The van der Waals surface area contributed by atoms with Gasteiger partial charge >= 0.3 is 7.67 Å². The first-order valence-corrected chi connectivity index (χ1v) is 7.49. The van der Waals surface area contributed by atoms with Crippen LogP contribution in [0, 0.1) is 0 Å². The van der Waals surface area contributed by atoms with Crippen molar-refractivity contribution in [1.29, 1.82) is 0 Å². The Kier molecular flexibility index (Phi) is 3.99. The van der Waals surface area contributed by atoms with Crippen LogP contribution in [0.15, 0.2) is 42.5 Å². The van der Waals surface area contributed by atoms with E-state index in [9.17, 15) is 9.67 Å². The number of ether oxygens (including phenoxy) is 1. The SMILES string of the molecule is COc1ccc(-c2cccc(NP(N)(=O)O)c2O)cc1. The highest BCUT2D eigenvalue weighted by atomic mass is 31.2. The second kappa shape index (κ2) is 5.54. The Labute approximate surface area is 116 Å². The molecule has 0 spiro atoms. The standard InChI is InChI=1S/C13H15N2O4P/c1-19-10-7-5-9(6-8-10)11-3-2-4-12(13(11)16)15-20(14,17)18/h2-8,16H,1H3,(H4,14,15,17,18). The molecule has 0 aliphatic heterocycles. The number of nitrogens with one attached hydrogen (secondary N) is 1. The van der Waals surface area contributed by atoms with Crippen molar-refractivity contribution in [3.8, 4) is 22.6 Å². The number of hydrogen-bond donors (Lipinski definition) is 4. The number of phenols is 1. The number of nitrogens with two attached hydrogens (primary N) is 1. The molecule has 0 heterocycles. The number of benzene rings is 2.